The molecule has 0 aliphatic carbocycles. The van der Waals surface area contributed by atoms with E-state index in [1.807, 2.05) is 48.5 Å². The van der Waals surface area contributed by atoms with Crippen LogP contribution in [0.5, 0.6) is 0 Å². The number of carbonyl (C=O) groups excluding carboxylic acids is 1. The van der Waals surface area contributed by atoms with E-state index in [9.17, 15) is 4.79 Å². The predicted octanol–water partition coefficient (Wildman–Crippen LogP) is 4.42. The van der Waals surface area contributed by atoms with Crippen LogP contribution >= 0.6 is 11.6 Å². The Labute approximate surface area is 133 Å². The highest BCUT2D eigenvalue weighted by atomic mass is 35.5. The second kappa shape index (κ2) is 6.50. The molecule has 0 spiro atoms. The van der Waals surface area contributed by atoms with Gasteiger partial charge >= 0.3 is 0 Å². The van der Waals surface area contributed by atoms with Gasteiger partial charge in [0.25, 0.3) is 0 Å². The van der Waals surface area contributed by atoms with Crippen molar-refractivity contribution in [1.82, 2.24) is 5.32 Å². The maximum atomic E-state index is 11.8. The van der Waals surface area contributed by atoms with E-state index in [1.165, 1.54) is 6.08 Å². The van der Waals surface area contributed by atoms with Crippen LogP contribution in [0.3, 0.4) is 0 Å². The zero-order valence-corrected chi connectivity index (χ0v) is 12.5. The number of fused-ring (bicyclic) bond motifs is 1. The molecule has 0 saturated carbocycles. The molecule has 22 heavy (non-hydrogen) atoms. The van der Waals surface area contributed by atoms with Gasteiger partial charge in [-0.1, -0.05) is 48.0 Å². The molecule has 0 radical (unpaired) electrons. The Morgan fingerprint density at radius 2 is 1.91 bits per heavy atom. The Morgan fingerprint density at radius 3 is 2.73 bits per heavy atom. The molecule has 1 N–H and O–H groups in total. The summed E-state index contributed by atoms with van der Waals surface area (Å²) in [6, 6.07) is 17.0. The molecule has 110 valence electrons. The Kier molecular flexibility index (Phi) is 4.26. The number of rotatable bonds is 4. The number of nitrogens with one attached hydrogen (secondary N) is 1. The molecule has 4 heteroatoms. The molecule has 0 unspecified atom stereocenters. The molecule has 0 bridgehead atoms. The van der Waals surface area contributed by atoms with E-state index in [4.69, 9.17) is 16.0 Å². The monoisotopic (exact) mass is 311 g/mol. The van der Waals surface area contributed by atoms with Crippen molar-refractivity contribution in [2.45, 2.75) is 6.54 Å². The van der Waals surface area contributed by atoms with Crippen molar-refractivity contribution in [3.05, 3.63) is 77.0 Å². The summed E-state index contributed by atoms with van der Waals surface area (Å²) in [5.41, 5.74) is 1.69. The molecular formula is C18H14ClNO2. The predicted molar refractivity (Wildman–Crippen MR) is 88.5 cm³/mol. The number of halogens is 1. The fourth-order valence-electron chi connectivity index (χ4n) is 2.13. The maximum absolute atomic E-state index is 11.8. The Hall–Kier alpha value is -2.52. The van der Waals surface area contributed by atoms with Crippen molar-refractivity contribution in [3.63, 3.8) is 0 Å². The second-order valence-electron chi connectivity index (χ2n) is 4.83. The highest BCUT2D eigenvalue weighted by Gasteiger charge is 2.02. The van der Waals surface area contributed by atoms with Gasteiger partial charge in [-0.2, -0.15) is 0 Å². The third kappa shape index (κ3) is 3.38. The van der Waals surface area contributed by atoms with E-state index in [0.717, 1.165) is 16.5 Å². The summed E-state index contributed by atoms with van der Waals surface area (Å²) in [6.45, 7) is 0.392. The number of amides is 1. The summed E-state index contributed by atoms with van der Waals surface area (Å²) >= 11 is 6.04. The largest absolute Gasteiger partial charge is 0.457 e. The topological polar surface area (TPSA) is 42.2 Å². The molecule has 2 aromatic carbocycles. The van der Waals surface area contributed by atoms with Crippen LogP contribution in [0.2, 0.25) is 5.02 Å². The summed E-state index contributed by atoms with van der Waals surface area (Å²) in [6.07, 6.45) is 3.11. The van der Waals surface area contributed by atoms with E-state index in [-0.39, 0.29) is 5.91 Å². The van der Waals surface area contributed by atoms with E-state index < -0.39 is 0 Å². The summed E-state index contributed by atoms with van der Waals surface area (Å²) in [5, 5.41) is 4.45. The van der Waals surface area contributed by atoms with Gasteiger partial charge in [-0.15, -0.1) is 0 Å². The summed E-state index contributed by atoms with van der Waals surface area (Å²) < 4.78 is 5.61. The standard InChI is InChI=1S/C18H14ClNO2/c19-16-7-3-1-6-14(16)12-20-18(21)10-9-15-11-13-5-2-4-8-17(13)22-15/h1-11H,12H2,(H,20,21). The normalized spacial score (nSPS) is 11.1. The van der Waals surface area contributed by atoms with Gasteiger partial charge < -0.3 is 9.73 Å². The number of hydrogen-bond acceptors (Lipinski definition) is 2. The molecule has 1 aromatic heterocycles. The van der Waals surface area contributed by atoms with Crippen molar-refractivity contribution >= 4 is 34.6 Å². The van der Waals surface area contributed by atoms with E-state index in [2.05, 4.69) is 5.32 Å². The molecule has 0 fully saturated rings. The summed E-state index contributed by atoms with van der Waals surface area (Å²) in [5.74, 6) is 0.453. The first-order chi connectivity index (χ1) is 10.7. The first-order valence-electron chi connectivity index (χ1n) is 6.90. The van der Waals surface area contributed by atoms with Crippen molar-refractivity contribution in [1.29, 1.82) is 0 Å². The molecule has 3 rings (SSSR count). The lowest BCUT2D eigenvalue weighted by atomic mass is 10.2. The average molecular weight is 312 g/mol. The van der Waals surface area contributed by atoms with Crippen molar-refractivity contribution in [3.8, 4) is 0 Å². The SMILES string of the molecule is O=C(C=Cc1cc2ccccc2o1)NCc1ccccc1Cl. The molecule has 3 nitrogen and oxygen atoms in total. The first-order valence-corrected chi connectivity index (χ1v) is 7.28. The third-order valence-electron chi connectivity index (χ3n) is 3.25. The zero-order valence-electron chi connectivity index (χ0n) is 11.8. The van der Waals surface area contributed by atoms with Gasteiger partial charge in [0.05, 0.1) is 0 Å². The van der Waals surface area contributed by atoms with Gasteiger partial charge in [0.15, 0.2) is 0 Å². The Bertz CT molecular complexity index is 803. The minimum absolute atomic E-state index is 0.194. The third-order valence-corrected chi connectivity index (χ3v) is 3.62. The summed E-state index contributed by atoms with van der Waals surface area (Å²) in [7, 11) is 0. The van der Waals surface area contributed by atoms with Crippen LogP contribution in [-0.4, -0.2) is 5.91 Å². The first kappa shape index (κ1) is 14.4. The van der Waals surface area contributed by atoms with Crippen molar-refractivity contribution < 1.29 is 9.21 Å². The van der Waals surface area contributed by atoms with Gasteiger partial charge in [-0.3, -0.25) is 4.79 Å². The number of para-hydroxylation sites is 1. The second-order valence-corrected chi connectivity index (χ2v) is 5.24. The fourth-order valence-corrected chi connectivity index (χ4v) is 2.33. The van der Waals surface area contributed by atoms with E-state index >= 15 is 0 Å². The van der Waals surface area contributed by atoms with Crippen LogP contribution in [0.4, 0.5) is 0 Å². The molecule has 3 aromatic rings. The van der Waals surface area contributed by atoms with Crippen LogP contribution in [0, 0.1) is 0 Å². The molecule has 0 aliphatic rings. The highest BCUT2D eigenvalue weighted by molar-refractivity contribution is 6.31. The maximum Gasteiger partial charge on any atom is 0.244 e. The summed E-state index contributed by atoms with van der Waals surface area (Å²) in [4.78, 5) is 11.8. The van der Waals surface area contributed by atoms with Gasteiger partial charge in [-0.05, 0) is 29.8 Å². The van der Waals surface area contributed by atoms with Crippen LogP contribution in [0.1, 0.15) is 11.3 Å². The van der Waals surface area contributed by atoms with Crippen LogP contribution in [0.15, 0.2) is 65.1 Å². The Morgan fingerprint density at radius 1 is 1.14 bits per heavy atom. The number of furan rings is 1. The average Bonchev–Trinajstić information content (AvgIpc) is 2.95. The van der Waals surface area contributed by atoms with Gasteiger partial charge in [0.2, 0.25) is 5.91 Å². The van der Waals surface area contributed by atoms with Gasteiger partial charge in [0.1, 0.15) is 11.3 Å². The zero-order chi connectivity index (χ0) is 15.4. The van der Waals surface area contributed by atoms with Crippen LogP contribution in [0.25, 0.3) is 17.0 Å². The molecule has 1 amide bonds. The lowest BCUT2D eigenvalue weighted by Gasteiger charge is -2.04. The van der Waals surface area contributed by atoms with Crippen molar-refractivity contribution in [2.75, 3.05) is 0 Å². The lowest BCUT2D eigenvalue weighted by molar-refractivity contribution is -0.116. The van der Waals surface area contributed by atoms with Crippen molar-refractivity contribution in [2.24, 2.45) is 0 Å². The molecule has 1 heterocycles. The lowest BCUT2D eigenvalue weighted by Crippen LogP contribution is -2.20. The van der Waals surface area contributed by atoms with E-state index in [0.29, 0.717) is 17.3 Å². The molecule has 0 atom stereocenters. The Balaban J connectivity index is 1.62. The quantitative estimate of drug-likeness (QED) is 0.725. The molecule has 0 aliphatic heterocycles. The fraction of sp³-hybridized carbons (Fsp3) is 0.0556. The minimum atomic E-state index is -0.194. The number of carbonyl (C=O) groups is 1. The van der Waals surface area contributed by atoms with Crippen LogP contribution < -0.4 is 5.32 Å². The molecular weight excluding hydrogens is 298 g/mol. The van der Waals surface area contributed by atoms with Gasteiger partial charge in [-0.25, -0.2) is 0 Å². The highest BCUT2D eigenvalue weighted by Crippen LogP contribution is 2.19. The minimum Gasteiger partial charge on any atom is -0.457 e. The number of hydrogen-bond donors (Lipinski definition) is 1. The molecule has 0 saturated heterocycles. The number of benzene rings is 2. The van der Waals surface area contributed by atoms with E-state index in [1.54, 1.807) is 12.1 Å². The van der Waals surface area contributed by atoms with Crippen LogP contribution in [-0.2, 0) is 11.3 Å². The smallest absolute Gasteiger partial charge is 0.244 e. The van der Waals surface area contributed by atoms with Gasteiger partial charge in [0, 0.05) is 23.0 Å².